The van der Waals surface area contributed by atoms with Gasteiger partial charge in [-0.25, -0.2) is 4.39 Å². The van der Waals surface area contributed by atoms with E-state index in [1.807, 2.05) is 0 Å². The zero-order valence-electron chi connectivity index (χ0n) is 5.85. The molecule has 0 N–H and O–H groups in total. The Kier molecular flexibility index (Phi) is 2.11. The zero-order chi connectivity index (χ0) is 9.14. The number of nitrogens with zero attached hydrogens (tertiary/aromatic N) is 3. The fourth-order valence-corrected chi connectivity index (χ4v) is 0.803. The minimum atomic E-state index is -1.95. The smallest absolute Gasteiger partial charge is 0.337 e. The number of rotatable bonds is 1. The quantitative estimate of drug-likeness (QED) is 0.251. The molecule has 0 bridgehead atoms. The summed E-state index contributed by atoms with van der Waals surface area (Å²) in [6.07, 6.45) is 1.50. The van der Waals surface area contributed by atoms with Gasteiger partial charge in [-0.1, -0.05) is 0 Å². The Balaban J connectivity index is 3.06. The summed E-state index contributed by atoms with van der Waals surface area (Å²) in [4.78, 5) is 11.9. The molecule has 0 amide bonds. The zero-order valence-corrected chi connectivity index (χ0v) is 5.85. The summed E-state index contributed by atoms with van der Waals surface area (Å²) in [5.74, 6) is 0. The van der Waals surface area contributed by atoms with Gasteiger partial charge in [0.05, 0.1) is 4.92 Å². The lowest BCUT2D eigenvalue weighted by Gasteiger charge is -2.00. The summed E-state index contributed by atoms with van der Waals surface area (Å²) in [5.41, 5.74) is 7.23. The molecule has 0 radical (unpaired) electrons. The predicted molar refractivity (Wildman–Crippen MR) is 37.7 cm³/mol. The van der Waals surface area contributed by atoms with Gasteiger partial charge in [0.25, 0.3) is 11.9 Å². The summed E-state index contributed by atoms with van der Waals surface area (Å²) in [6.45, 7) is 0. The van der Waals surface area contributed by atoms with E-state index in [-0.39, 0.29) is 5.71 Å². The third-order valence-corrected chi connectivity index (χ3v) is 1.38. The second-order valence-electron chi connectivity index (χ2n) is 2.10. The molecule has 1 unspecified atom stereocenters. The third kappa shape index (κ3) is 1.28. The van der Waals surface area contributed by atoms with Crippen LogP contribution in [0.3, 0.4) is 0 Å². The molecule has 0 aromatic heterocycles. The van der Waals surface area contributed by atoms with Crippen LogP contribution in [-0.2, 0) is 0 Å². The molecule has 0 saturated heterocycles. The molecule has 0 fully saturated rings. The van der Waals surface area contributed by atoms with Crippen molar-refractivity contribution >= 4 is 5.71 Å². The topological polar surface area (TPSA) is 79.5 Å². The summed E-state index contributed by atoms with van der Waals surface area (Å²) < 4.78 is 12.9. The maximum absolute atomic E-state index is 12.9. The Hall–Kier alpha value is -1.81. The molecule has 1 aliphatic rings. The van der Waals surface area contributed by atoms with Gasteiger partial charge in [0.2, 0.25) is 0 Å². The van der Waals surface area contributed by atoms with Crippen molar-refractivity contribution < 1.29 is 14.1 Å². The molecule has 0 aliphatic heterocycles. The van der Waals surface area contributed by atoms with Crippen molar-refractivity contribution in [3.8, 4) is 0 Å². The SMILES string of the molecule is [N-]=[N+]=C1C=CC=C([N+](=O)[O-])C1F. The summed E-state index contributed by atoms with van der Waals surface area (Å²) in [6, 6.07) is 0. The molecule has 0 aromatic carbocycles. The molecule has 6 heteroatoms. The maximum Gasteiger partial charge on any atom is 0.337 e. The molecule has 12 heavy (non-hydrogen) atoms. The molecular weight excluding hydrogens is 165 g/mol. The van der Waals surface area contributed by atoms with Crippen molar-refractivity contribution in [2.24, 2.45) is 0 Å². The average molecular weight is 169 g/mol. The van der Waals surface area contributed by atoms with Gasteiger partial charge in [0, 0.05) is 12.2 Å². The number of alkyl halides is 1. The van der Waals surface area contributed by atoms with E-state index in [0.717, 1.165) is 12.2 Å². The Morgan fingerprint density at radius 1 is 1.75 bits per heavy atom. The molecule has 0 saturated carbocycles. The largest absolute Gasteiger partial charge is 0.361 e. The molecule has 1 atom stereocenters. The van der Waals surface area contributed by atoms with Crippen LogP contribution in [0.15, 0.2) is 23.9 Å². The van der Waals surface area contributed by atoms with Gasteiger partial charge in [-0.15, -0.1) is 0 Å². The maximum atomic E-state index is 12.9. The second kappa shape index (κ2) is 3.06. The Labute approximate surface area is 66.6 Å². The highest BCUT2D eigenvalue weighted by Gasteiger charge is 2.35. The number of hydrogen-bond donors (Lipinski definition) is 0. The third-order valence-electron chi connectivity index (χ3n) is 1.38. The van der Waals surface area contributed by atoms with Crippen LogP contribution in [0.5, 0.6) is 0 Å². The first-order valence-electron chi connectivity index (χ1n) is 3.05. The normalized spacial score (nSPS) is 21.6. The molecule has 0 aromatic rings. The summed E-state index contributed by atoms with van der Waals surface area (Å²) in [5, 5.41) is 10.2. The van der Waals surface area contributed by atoms with Crippen LogP contribution in [0, 0.1) is 10.1 Å². The van der Waals surface area contributed by atoms with Crippen molar-refractivity contribution in [3.05, 3.63) is 39.6 Å². The Morgan fingerprint density at radius 2 is 2.42 bits per heavy atom. The van der Waals surface area contributed by atoms with E-state index in [1.165, 1.54) is 6.08 Å². The fourth-order valence-electron chi connectivity index (χ4n) is 0.803. The first-order valence-corrected chi connectivity index (χ1v) is 3.05. The minimum Gasteiger partial charge on any atom is -0.361 e. The van der Waals surface area contributed by atoms with Crippen LogP contribution in [0.2, 0.25) is 0 Å². The van der Waals surface area contributed by atoms with Crippen molar-refractivity contribution in [1.29, 1.82) is 0 Å². The first-order chi connectivity index (χ1) is 5.66. The van der Waals surface area contributed by atoms with Crippen molar-refractivity contribution in [3.63, 3.8) is 0 Å². The standard InChI is InChI=1S/C6H4FN3O2/c7-6-4(9-8)2-1-3-5(6)10(11)12/h1-3,6H. The fraction of sp³-hybridized carbons (Fsp3) is 0.167. The minimum absolute atomic E-state index is 0.357. The molecular formula is C6H4FN3O2. The highest BCUT2D eigenvalue weighted by atomic mass is 19.1. The van der Waals surface area contributed by atoms with Crippen LogP contribution >= 0.6 is 0 Å². The highest BCUT2D eigenvalue weighted by Crippen LogP contribution is 2.13. The number of allylic oxidation sites excluding steroid dienone is 4. The second-order valence-corrected chi connectivity index (χ2v) is 2.10. The van der Waals surface area contributed by atoms with Gasteiger partial charge in [-0.2, -0.15) is 4.79 Å². The van der Waals surface area contributed by atoms with Crippen molar-refractivity contribution in [2.45, 2.75) is 6.17 Å². The summed E-state index contributed by atoms with van der Waals surface area (Å²) >= 11 is 0. The molecule has 1 rings (SSSR count). The number of halogens is 1. The van der Waals surface area contributed by atoms with E-state index < -0.39 is 16.8 Å². The van der Waals surface area contributed by atoms with Gasteiger partial charge in [0.15, 0.2) is 0 Å². The molecule has 0 heterocycles. The van der Waals surface area contributed by atoms with Gasteiger partial charge in [0.1, 0.15) is 0 Å². The van der Waals surface area contributed by atoms with E-state index in [9.17, 15) is 14.5 Å². The molecule has 1 aliphatic carbocycles. The van der Waals surface area contributed by atoms with Crippen molar-refractivity contribution in [2.75, 3.05) is 0 Å². The van der Waals surface area contributed by atoms with Gasteiger partial charge in [-0.3, -0.25) is 10.1 Å². The van der Waals surface area contributed by atoms with Crippen LogP contribution in [0.25, 0.3) is 5.53 Å². The monoisotopic (exact) mass is 169 g/mol. The van der Waals surface area contributed by atoms with Crippen LogP contribution < -0.4 is 0 Å². The van der Waals surface area contributed by atoms with Crippen molar-refractivity contribution in [1.82, 2.24) is 0 Å². The lowest BCUT2D eigenvalue weighted by molar-refractivity contribution is -0.431. The van der Waals surface area contributed by atoms with E-state index in [0.29, 0.717) is 0 Å². The molecule has 62 valence electrons. The highest BCUT2D eigenvalue weighted by molar-refractivity contribution is 5.97. The average Bonchev–Trinajstić information content (AvgIpc) is 2.04. The first kappa shape index (κ1) is 8.29. The van der Waals surface area contributed by atoms with Crippen LogP contribution in [0.1, 0.15) is 0 Å². The van der Waals surface area contributed by atoms with Gasteiger partial charge in [-0.05, 0) is 6.08 Å². The van der Waals surface area contributed by atoms with E-state index >= 15 is 0 Å². The van der Waals surface area contributed by atoms with Crippen LogP contribution in [0.4, 0.5) is 4.39 Å². The van der Waals surface area contributed by atoms with Gasteiger partial charge < -0.3 is 5.53 Å². The van der Waals surface area contributed by atoms with Gasteiger partial charge >= 0.3 is 5.71 Å². The van der Waals surface area contributed by atoms with E-state index in [2.05, 4.69) is 4.79 Å². The molecule has 0 spiro atoms. The number of nitro groups is 1. The number of hydrogen-bond acceptors (Lipinski definition) is 2. The Bertz CT molecular complexity index is 328. The predicted octanol–water partition coefficient (Wildman–Crippen LogP) is 0.726. The van der Waals surface area contributed by atoms with E-state index in [1.54, 1.807) is 0 Å². The summed E-state index contributed by atoms with van der Waals surface area (Å²) in [7, 11) is 0. The van der Waals surface area contributed by atoms with Crippen LogP contribution in [-0.4, -0.2) is 21.6 Å². The van der Waals surface area contributed by atoms with E-state index in [4.69, 9.17) is 5.53 Å². The lowest BCUT2D eigenvalue weighted by Crippen LogP contribution is -2.24. The molecule has 5 nitrogen and oxygen atoms in total. The Morgan fingerprint density at radius 3 is 2.92 bits per heavy atom. The lowest BCUT2D eigenvalue weighted by atomic mass is 10.1.